The van der Waals surface area contributed by atoms with Crippen LogP contribution in [0.25, 0.3) is 16.3 Å². The fourth-order valence-corrected chi connectivity index (χ4v) is 3.08. The first-order valence-corrected chi connectivity index (χ1v) is 8.21. The second kappa shape index (κ2) is 6.64. The Morgan fingerprint density at radius 3 is 2.87 bits per heavy atom. The van der Waals surface area contributed by atoms with E-state index in [4.69, 9.17) is 0 Å². The predicted octanol–water partition coefficient (Wildman–Crippen LogP) is 4.33. The van der Waals surface area contributed by atoms with E-state index in [1.807, 2.05) is 31.2 Å². The molecule has 0 aliphatic rings. The number of hydrogen-bond donors (Lipinski definition) is 1. The van der Waals surface area contributed by atoms with Gasteiger partial charge in [-0.05, 0) is 55.8 Å². The molecule has 0 aliphatic heterocycles. The van der Waals surface area contributed by atoms with Crippen LogP contribution in [-0.4, -0.2) is 15.1 Å². The van der Waals surface area contributed by atoms with Crippen LogP contribution in [0.3, 0.4) is 0 Å². The van der Waals surface area contributed by atoms with Crippen molar-refractivity contribution in [3.05, 3.63) is 58.4 Å². The van der Waals surface area contributed by atoms with E-state index < -0.39 is 0 Å². The summed E-state index contributed by atoms with van der Waals surface area (Å²) in [4.78, 5) is 8.98. The lowest BCUT2D eigenvalue weighted by molar-refractivity contribution is 0.476. The highest BCUT2D eigenvalue weighted by Crippen LogP contribution is 2.26. The van der Waals surface area contributed by atoms with Gasteiger partial charge in [0, 0.05) is 11.3 Å². The van der Waals surface area contributed by atoms with Crippen molar-refractivity contribution < 1.29 is 5.11 Å². The van der Waals surface area contributed by atoms with Gasteiger partial charge in [0.05, 0.1) is 15.9 Å². The van der Waals surface area contributed by atoms with E-state index in [1.54, 1.807) is 18.2 Å². The molecular formula is C19H16N2OS. The number of hydrogen-bond acceptors (Lipinski definition) is 4. The SMILES string of the molecule is CCc1ccc(C#C/C=C/c2nc3ccc(O)cc3s2)c(C)n1. The van der Waals surface area contributed by atoms with Crippen molar-refractivity contribution >= 4 is 27.6 Å². The van der Waals surface area contributed by atoms with Gasteiger partial charge in [-0.25, -0.2) is 4.98 Å². The van der Waals surface area contributed by atoms with E-state index in [0.717, 1.165) is 38.6 Å². The summed E-state index contributed by atoms with van der Waals surface area (Å²) in [6.07, 6.45) is 4.62. The first-order valence-electron chi connectivity index (χ1n) is 7.40. The molecular weight excluding hydrogens is 304 g/mol. The van der Waals surface area contributed by atoms with Gasteiger partial charge in [-0.2, -0.15) is 0 Å². The van der Waals surface area contributed by atoms with Gasteiger partial charge in [0.2, 0.25) is 0 Å². The van der Waals surface area contributed by atoms with Crippen molar-refractivity contribution in [1.29, 1.82) is 0 Å². The van der Waals surface area contributed by atoms with E-state index in [2.05, 4.69) is 28.7 Å². The molecule has 0 radical (unpaired) electrons. The Kier molecular flexibility index (Phi) is 4.40. The lowest BCUT2D eigenvalue weighted by Crippen LogP contribution is -1.92. The molecule has 1 N–H and O–H groups in total. The smallest absolute Gasteiger partial charge is 0.117 e. The van der Waals surface area contributed by atoms with Gasteiger partial charge in [-0.1, -0.05) is 18.8 Å². The lowest BCUT2D eigenvalue weighted by atomic mass is 10.1. The predicted molar refractivity (Wildman–Crippen MR) is 95.5 cm³/mol. The van der Waals surface area contributed by atoms with Crippen LogP contribution < -0.4 is 0 Å². The molecule has 0 amide bonds. The average molecular weight is 320 g/mol. The number of rotatable bonds is 2. The summed E-state index contributed by atoms with van der Waals surface area (Å²) in [5.41, 5.74) is 3.87. The summed E-state index contributed by atoms with van der Waals surface area (Å²) in [7, 11) is 0. The van der Waals surface area contributed by atoms with Gasteiger partial charge >= 0.3 is 0 Å². The largest absolute Gasteiger partial charge is 0.508 e. The highest BCUT2D eigenvalue weighted by atomic mass is 32.1. The number of allylic oxidation sites excluding steroid dienone is 1. The minimum atomic E-state index is 0.259. The Hall–Kier alpha value is -2.64. The third-order valence-electron chi connectivity index (χ3n) is 3.41. The molecule has 0 bridgehead atoms. The normalized spacial score (nSPS) is 10.9. The van der Waals surface area contributed by atoms with Gasteiger partial charge < -0.3 is 5.11 Å². The topological polar surface area (TPSA) is 46.0 Å². The van der Waals surface area contributed by atoms with Crippen LogP contribution in [0, 0.1) is 18.8 Å². The van der Waals surface area contributed by atoms with Crippen LogP contribution in [0.15, 0.2) is 36.4 Å². The molecule has 114 valence electrons. The molecule has 23 heavy (non-hydrogen) atoms. The van der Waals surface area contributed by atoms with Crippen molar-refractivity contribution in [2.75, 3.05) is 0 Å². The molecule has 0 atom stereocenters. The molecule has 0 unspecified atom stereocenters. The van der Waals surface area contributed by atoms with E-state index >= 15 is 0 Å². The number of fused-ring (bicyclic) bond motifs is 1. The highest BCUT2D eigenvalue weighted by molar-refractivity contribution is 7.19. The van der Waals surface area contributed by atoms with Crippen molar-refractivity contribution in [1.82, 2.24) is 9.97 Å². The van der Waals surface area contributed by atoms with E-state index in [-0.39, 0.29) is 5.75 Å². The fourth-order valence-electron chi connectivity index (χ4n) is 2.18. The summed E-state index contributed by atoms with van der Waals surface area (Å²) in [6, 6.07) is 9.21. The molecule has 0 aliphatic carbocycles. The first-order chi connectivity index (χ1) is 11.2. The minimum Gasteiger partial charge on any atom is -0.508 e. The van der Waals surface area contributed by atoms with Crippen molar-refractivity contribution in [3.8, 4) is 17.6 Å². The molecule has 3 rings (SSSR count). The van der Waals surface area contributed by atoms with Crippen LogP contribution in [0.4, 0.5) is 0 Å². The monoisotopic (exact) mass is 320 g/mol. The Morgan fingerprint density at radius 1 is 1.22 bits per heavy atom. The summed E-state index contributed by atoms with van der Waals surface area (Å²) in [5.74, 6) is 6.41. The first kappa shape index (κ1) is 15.3. The molecule has 4 heteroatoms. The number of aromatic hydroxyl groups is 1. The maximum Gasteiger partial charge on any atom is 0.117 e. The fraction of sp³-hybridized carbons (Fsp3) is 0.158. The third kappa shape index (κ3) is 3.58. The van der Waals surface area contributed by atoms with Crippen LogP contribution >= 0.6 is 11.3 Å². The molecule has 0 spiro atoms. The Labute approximate surface area is 139 Å². The number of aryl methyl sites for hydroxylation is 2. The summed E-state index contributed by atoms with van der Waals surface area (Å²) in [5, 5.41) is 10.3. The number of phenolic OH excluding ortho intramolecular Hbond substituents is 1. The number of aromatic nitrogens is 2. The molecule has 1 aromatic carbocycles. The van der Waals surface area contributed by atoms with E-state index in [9.17, 15) is 5.11 Å². The Morgan fingerprint density at radius 2 is 2.09 bits per heavy atom. The standard InChI is InChI=1S/C19H16N2OS/c1-3-15-9-8-14(13(2)20-15)6-4-5-7-19-21-17-11-10-16(22)12-18(17)23-19/h5,7-12,22H,3H2,1-2H3/b7-5+. The van der Waals surface area contributed by atoms with Crippen LogP contribution in [0.2, 0.25) is 0 Å². The zero-order valence-corrected chi connectivity index (χ0v) is 13.8. The molecule has 2 heterocycles. The van der Waals surface area contributed by atoms with Gasteiger partial charge in [-0.15, -0.1) is 11.3 Å². The highest BCUT2D eigenvalue weighted by Gasteiger charge is 2.01. The Balaban J connectivity index is 1.78. The number of nitrogens with zero attached hydrogens (tertiary/aromatic N) is 2. The number of phenols is 1. The third-order valence-corrected chi connectivity index (χ3v) is 4.39. The molecule has 0 saturated carbocycles. The lowest BCUT2D eigenvalue weighted by Gasteiger charge is -1.99. The zero-order chi connectivity index (χ0) is 16.2. The zero-order valence-electron chi connectivity index (χ0n) is 13.0. The number of thiazole rings is 1. The molecule has 0 fully saturated rings. The minimum absolute atomic E-state index is 0.259. The van der Waals surface area contributed by atoms with E-state index in [1.165, 1.54) is 11.3 Å². The molecule has 2 aromatic heterocycles. The molecule has 3 aromatic rings. The van der Waals surface area contributed by atoms with Crippen molar-refractivity contribution in [2.24, 2.45) is 0 Å². The van der Waals surface area contributed by atoms with Crippen molar-refractivity contribution in [3.63, 3.8) is 0 Å². The van der Waals surface area contributed by atoms with Crippen molar-refractivity contribution in [2.45, 2.75) is 20.3 Å². The van der Waals surface area contributed by atoms with Crippen LogP contribution in [0.1, 0.15) is 28.9 Å². The van der Waals surface area contributed by atoms with E-state index in [0.29, 0.717) is 0 Å². The van der Waals surface area contributed by atoms with Gasteiger partial charge in [0.15, 0.2) is 0 Å². The average Bonchev–Trinajstić information content (AvgIpc) is 2.94. The molecule has 3 nitrogen and oxygen atoms in total. The van der Waals surface area contributed by atoms with Crippen LogP contribution in [0.5, 0.6) is 5.75 Å². The van der Waals surface area contributed by atoms with Gasteiger partial charge in [0.1, 0.15) is 10.8 Å². The summed E-state index contributed by atoms with van der Waals surface area (Å²) < 4.78 is 0.966. The second-order valence-corrected chi connectivity index (χ2v) is 6.16. The van der Waals surface area contributed by atoms with Crippen LogP contribution in [-0.2, 0) is 6.42 Å². The quantitative estimate of drug-likeness (QED) is 0.715. The second-order valence-electron chi connectivity index (χ2n) is 5.10. The number of benzene rings is 1. The van der Waals surface area contributed by atoms with Gasteiger partial charge in [0.25, 0.3) is 0 Å². The number of pyridine rings is 1. The summed E-state index contributed by atoms with van der Waals surface area (Å²) >= 11 is 1.53. The summed E-state index contributed by atoms with van der Waals surface area (Å²) in [6.45, 7) is 4.07. The Bertz CT molecular complexity index is 945. The maximum absolute atomic E-state index is 9.48. The maximum atomic E-state index is 9.48. The van der Waals surface area contributed by atoms with Gasteiger partial charge in [-0.3, -0.25) is 4.98 Å². The molecule has 0 saturated heterocycles.